The molecular formula is C23H23FN6O2. The zero-order valence-corrected chi connectivity index (χ0v) is 17.5. The van der Waals surface area contributed by atoms with Crippen LogP contribution in [0.3, 0.4) is 0 Å². The summed E-state index contributed by atoms with van der Waals surface area (Å²) in [6.45, 7) is 5.26. The summed E-state index contributed by atoms with van der Waals surface area (Å²) >= 11 is 0. The quantitative estimate of drug-likeness (QED) is 0.443. The van der Waals surface area contributed by atoms with E-state index >= 15 is 0 Å². The van der Waals surface area contributed by atoms with Crippen LogP contribution in [-0.2, 0) is 11.3 Å². The van der Waals surface area contributed by atoms with Gasteiger partial charge in [0.2, 0.25) is 0 Å². The maximum Gasteiger partial charge on any atom is 0.159 e. The highest BCUT2D eigenvalue weighted by atomic mass is 19.1. The second-order valence-electron chi connectivity index (χ2n) is 7.60. The summed E-state index contributed by atoms with van der Waals surface area (Å²) in [7, 11) is 0. The Kier molecular flexibility index (Phi) is 6.00. The number of halogens is 1. The lowest BCUT2D eigenvalue weighted by Gasteiger charge is -2.26. The molecule has 5 rings (SSSR count). The molecule has 4 aromatic rings. The van der Waals surface area contributed by atoms with Gasteiger partial charge in [0.1, 0.15) is 17.6 Å². The van der Waals surface area contributed by atoms with Crippen molar-refractivity contribution in [3.63, 3.8) is 0 Å². The molecule has 0 radical (unpaired) electrons. The van der Waals surface area contributed by atoms with Crippen molar-refractivity contribution < 1.29 is 13.9 Å². The molecule has 0 N–H and O–H groups in total. The van der Waals surface area contributed by atoms with Crippen LogP contribution in [0.15, 0.2) is 54.9 Å². The van der Waals surface area contributed by atoms with Crippen molar-refractivity contribution in [3.8, 4) is 17.1 Å². The van der Waals surface area contributed by atoms with E-state index in [-0.39, 0.29) is 5.82 Å². The molecule has 0 spiro atoms. The number of para-hydroxylation sites is 1. The van der Waals surface area contributed by atoms with Gasteiger partial charge in [-0.25, -0.2) is 19.0 Å². The van der Waals surface area contributed by atoms with Crippen LogP contribution < -0.4 is 4.74 Å². The van der Waals surface area contributed by atoms with E-state index in [1.54, 1.807) is 29.2 Å². The smallest absolute Gasteiger partial charge is 0.159 e. The van der Waals surface area contributed by atoms with Crippen LogP contribution in [-0.4, -0.2) is 69.3 Å². The van der Waals surface area contributed by atoms with Crippen molar-refractivity contribution in [2.45, 2.75) is 6.54 Å². The molecule has 2 aromatic carbocycles. The lowest BCUT2D eigenvalue weighted by molar-refractivity contribution is 0.0322. The SMILES string of the molecule is Fc1cccc2nnn(Cc3cccc(-c4ncc(OCCN5CCOCC5)cn4)c3)c12. The monoisotopic (exact) mass is 434 g/mol. The Balaban J connectivity index is 1.24. The summed E-state index contributed by atoms with van der Waals surface area (Å²) in [6.07, 6.45) is 3.38. The van der Waals surface area contributed by atoms with Crippen molar-refractivity contribution in [1.82, 2.24) is 29.9 Å². The Labute approximate surface area is 184 Å². The first-order chi connectivity index (χ1) is 15.8. The lowest BCUT2D eigenvalue weighted by Crippen LogP contribution is -2.38. The van der Waals surface area contributed by atoms with Gasteiger partial charge in [-0.3, -0.25) is 4.90 Å². The Morgan fingerprint density at radius 3 is 2.69 bits per heavy atom. The molecule has 0 unspecified atom stereocenters. The molecule has 0 aliphatic carbocycles. The zero-order valence-electron chi connectivity index (χ0n) is 17.5. The predicted octanol–water partition coefficient (Wildman–Crippen LogP) is 2.79. The Morgan fingerprint density at radius 2 is 1.84 bits per heavy atom. The molecule has 164 valence electrons. The van der Waals surface area contributed by atoms with E-state index in [1.165, 1.54) is 6.07 Å². The van der Waals surface area contributed by atoms with Gasteiger partial charge in [-0.2, -0.15) is 0 Å². The number of benzene rings is 2. The minimum Gasteiger partial charge on any atom is -0.489 e. The average Bonchev–Trinajstić information content (AvgIpc) is 3.24. The van der Waals surface area contributed by atoms with Gasteiger partial charge in [-0.1, -0.05) is 29.5 Å². The summed E-state index contributed by atoms with van der Waals surface area (Å²) in [5.41, 5.74) is 2.75. The number of hydrogen-bond donors (Lipinski definition) is 0. The summed E-state index contributed by atoms with van der Waals surface area (Å²) < 4.78 is 26.9. The minimum absolute atomic E-state index is 0.337. The van der Waals surface area contributed by atoms with Crippen molar-refractivity contribution in [3.05, 3.63) is 66.2 Å². The molecule has 9 heteroatoms. The van der Waals surface area contributed by atoms with E-state index in [0.29, 0.717) is 35.8 Å². The fourth-order valence-corrected chi connectivity index (χ4v) is 3.74. The number of hydrogen-bond acceptors (Lipinski definition) is 7. The van der Waals surface area contributed by atoms with Crippen LogP contribution in [0.25, 0.3) is 22.4 Å². The van der Waals surface area contributed by atoms with Gasteiger partial charge in [0, 0.05) is 25.2 Å². The molecule has 0 bridgehead atoms. The molecule has 0 saturated carbocycles. The van der Waals surface area contributed by atoms with Crippen LogP contribution in [0.5, 0.6) is 5.75 Å². The van der Waals surface area contributed by atoms with Gasteiger partial charge in [0.05, 0.1) is 32.2 Å². The fourth-order valence-electron chi connectivity index (χ4n) is 3.74. The summed E-state index contributed by atoms with van der Waals surface area (Å²) in [6, 6.07) is 12.6. The highest BCUT2D eigenvalue weighted by Crippen LogP contribution is 2.20. The Bertz CT molecular complexity index is 1190. The predicted molar refractivity (Wildman–Crippen MR) is 117 cm³/mol. The number of ether oxygens (including phenoxy) is 2. The maximum absolute atomic E-state index is 14.2. The molecule has 1 fully saturated rings. The van der Waals surface area contributed by atoms with E-state index in [1.807, 2.05) is 24.3 Å². The highest BCUT2D eigenvalue weighted by Gasteiger charge is 2.12. The minimum atomic E-state index is -0.337. The summed E-state index contributed by atoms with van der Waals surface area (Å²) in [5, 5.41) is 8.14. The molecule has 2 aromatic heterocycles. The normalized spacial score (nSPS) is 14.7. The molecule has 1 aliphatic heterocycles. The van der Waals surface area contributed by atoms with Crippen LogP contribution in [0.2, 0.25) is 0 Å². The third kappa shape index (κ3) is 4.58. The van der Waals surface area contributed by atoms with E-state index in [0.717, 1.165) is 44.0 Å². The van der Waals surface area contributed by atoms with E-state index in [2.05, 4.69) is 25.2 Å². The Hall–Kier alpha value is -3.43. The molecule has 1 aliphatic rings. The van der Waals surface area contributed by atoms with Crippen LogP contribution in [0, 0.1) is 5.82 Å². The molecule has 8 nitrogen and oxygen atoms in total. The first-order valence-corrected chi connectivity index (χ1v) is 10.6. The van der Waals surface area contributed by atoms with E-state index in [9.17, 15) is 4.39 Å². The molecular weight excluding hydrogens is 411 g/mol. The molecule has 32 heavy (non-hydrogen) atoms. The average molecular weight is 434 g/mol. The third-order valence-electron chi connectivity index (χ3n) is 5.41. The first-order valence-electron chi connectivity index (χ1n) is 10.6. The number of rotatable bonds is 7. The van der Waals surface area contributed by atoms with Gasteiger partial charge < -0.3 is 9.47 Å². The molecule has 0 amide bonds. The standard InChI is InChI=1S/C23H23FN6O2/c24-20-5-2-6-21-22(20)30(28-27-21)16-17-3-1-4-18(13-17)23-25-14-19(15-26-23)32-12-9-29-7-10-31-11-8-29/h1-6,13-15H,7-12,16H2. The largest absolute Gasteiger partial charge is 0.489 e. The number of nitrogens with zero attached hydrogens (tertiary/aromatic N) is 6. The highest BCUT2D eigenvalue weighted by molar-refractivity contribution is 5.74. The maximum atomic E-state index is 14.2. The van der Waals surface area contributed by atoms with E-state index in [4.69, 9.17) is 9.47 Å². The third-order valence-corrected chi connectivity index (χ3v) is 5.41. The second-order valence-corrected chi connectivity index (χ2v) is 7.60. The fraction of sp³-hybridized carbons (Fsp3) is 0.304. The Morgan fingerprint density at radius 1 is 1.03 bits per heavy atom. The number of morpholine rings is 1. The zero-order chi connectivity index (χ0) is 21.8. The number of aromatic nitrogens is 5. The van der Waals surface area contributed by atoms with Crippen molar-refractivity contribution in [2.24, 2.45) is 0 Å². The van der Waals surface area contributed by atoms with Crippen molar-refractivity contribution in [1.29, 1.82) is 0 Å². The van der Waals surface area contributed by atoms with Gasteiger partial charge in [0.15, 0.2) is 17.4 Å². The topological polar surface area (TPSA) is 78.2 Å². The van der Waals surface area contributed by atoms with Gasteiger partial charge >= 0.3 is 0 Å². The van der Waals surface area contributed by atoms with Crippen LogP contribution in [0.1, 0.15) is 5.56 Å². The molecule has 1 saturated heterocycles. The van der Waals surface area contributed by atoms with E-state index < -0.39 is 0 Å². The molecule has 0 atom stereocenters. The van der Waals surface area contributed by atoms with Gasteiger partial charge in [-0.05, 0) is 23.8 Å². The van der Waals surface area contributed by atoms with Crippen LogP contribution in [0.4, 0.5) is 4.39 Å². The molecule has 3 heterocycles. The lowest BCUT2D eigenvalue weighted by atomic mass is 10.1. The summed E-state index contributed by atoms with van der Waals surface area (Å²) in [5.74, 6) is 0.904. The first kappa shape index (κ1) is 20.5. The van der Waals surface area contributed by atoms with Crippen LogP contribution >= 0.6 is 0 Å². The van der Waals surface area contributed by atoms with Crippen molar-refractivity contribution >= 4 is 11.0 Å². The van der Waals surface area contributed by atoms with Gasteiger partial charge in [0.25, 0.3) is 0 Å². The number of fused-ring (bicyclic) bond motifs is 1. The van der Waals surface area contributed by atoms with Gasteiger partial charge in [-0.15, -0.1) is 5.10 Å². The second kappa shape index (κ2) is 9.37. The van der Waals surface area contributed by atoms with Crippen molar-refractivity contribution in [2.75, 3.05) is 39.5 Å². The summed E-state index contributed by atoms with van der Waals surface area (Å²) in [4.78, 5) is 11.2.